The number of benzene rings is 1. The molecule has 0 saturated carbocycles. The second kappa shape index (κ2) is 3.90. The number of carboxylic acids is 1. The summed E-state index contributed by atoms with van der Waals surface area (Å²) in [5, 5.41) is 10.8. The van der Waals surface area contributed by atoms with Crippen molar-refractivity contribution in [3.63, 3.8) is 0 Å². The zero-order valence-corrected chi connectivity index (χ0v) is 9.27. The first kappa shape index (κ1) is 9.98. The van der Waals surface area contributed by atoms with Crippen LogP contribution in [0, 0.1) is 0 Å². The van der Waals surface area contributed by atoms with Gasteiger partial charge in [-0.1, -0.05) is 15.9 Å². The number of carboxylic acid groups (broad SMARTS) is 1. The molecule has 2 aromatic rings. The second-order valence-electron chi connectivity index (χ2n) is 3.03. The fourth-order valence-electron chi connectivity index (χ4n) is 1.37. The van der Waals surface area contributed by atoms with Crippen molar-refractivity contribution in [3.8, 4) is 5.69 Å². The van der Waals surface area contributed by atoms with Crippen LogP contribution in [0.15, 0.2) is 47.1 Å². The molecule has 1 aromatic heterocycles. The van der Waals surface area contributed by atoms with Gasteiger partial charge in [0, 0.05) is 16.4 Å². The zero-order valence-electron chi connectivity index (χ0n) is 7.68. The van der Waals surface area contributed by atoms with Gasteiger partial charge in [0.05, 0.1) is 11.7 Å². The van der Waals surface area contributed by atoms with Gasteiger partial charge in [-0.25, -0.2) is 0 Å². The highest BCUT2D eigenvalue weighted by Crippen LogP contribution is 2.16. The largest absolute Gasteiger partial charge is 0.543 e. The zero-order chi connectivity index (χ0) is 10.8. The van der Waals surface area contributed by atoms with Crippen molar-refractivity contribution in [1.82, 2.24) is 4.57 Å². The number of hydrogen-bond acceptors (Lipinski definition) is 2. The van der Waals surface area contributed by atoms with Gasteiger partial charge in [-0.15, -0.1) is 0 Å². The SMILES string of the molecule is O=C([O-])c1cccn1-c1ccc(Br)cc1. The third-order valence-electron chi connectivity index (χ3n) is 2.06. The highest BCUT2D eigenvalue weighted by Gasteiger charge is 2.03. The number of aromatic nitrogens is 1. The first-order valence-corrected chi connectivity index (χ1v) is 5.12. The summed E-state index contributed by atoms with van der Waals surface area (Å²) >= 11 is 3.32. The lowest BCUT2D eigenvalue weighted by Gasteiger charge is -2.09. The van der Waals surface area contributed by atoms with Crippen LogP contribution >= 0.6 is 15.9 Å². The van der Waals surface area contributed by atoms with Crippen LogP contribution in [0.1, 0.15) is 10.5 Å². The fraction of sp³-hybridized carbons (Fsp3) is 0. The number of carbonyl (C=O) groups is 1. The van der Waals surface area contributed by atoms with Crippen LogP contribution in [0.25, 0.3) is 5.69 Å². The van der Waals surface area contributed by atoms with E-state index in [4.69, 9.17) is 0 Å². The Morgan fingerprint density at radius 3 is 2.47 bits per heavy atom. The number of hydrogen-bond donors (Lipinski definition) is 0. The van der Waals surface area contributed by atoms with Crippen molar-refractivity contribution in [3.05, 3.63) is 52.8 Å². The van der Waals surface area contributed by atoms with E-state index in [9.17, 15) is 9.90 Å². The predicted octanol–water partition coefficient (Wildman–Crippen LogP) is 1.60. The molecule has 0 radical (unpaired) electrons. The van der Waals surface area contributed by atoms with Gasteiger partial charge in [-0.05, 0) is 36.4 Å². The van der Waals surface area contributed by atoms with Gasteiger partial charge in [0.2, 0.25) is 0 Å². The summed E-state index contributed by atoms with van der Waals surface area (Å²) in [6.45, 7) is 0. The van der Waals surface area contributed by atoms with Crippen molar-refractivity contribution < 1.29 is 9.90 Å². The van der Waals surface area contributed by atoms with E-state index >= 15 is 0 Å². The Morgan fingerprint density at radius 1 is 1.20 bits per heavy atom. The molecule has 0 atom stereocenters. The molecular weight excluding hydrogens is 258 g/mol. The van der Waals surface area contributed by atoms with E-state index in [-0.39, 0.29) is 5.69 Å². The second-order valence-corrected chi connectivity index (χ2v) is 3.94. The maximum absolute atomic E-state index is 10.8. The van der Waals surface area contributed by atoms with Crippen molar-refractivity contribution in [1.29, 1.82) is 0 Å². The number of halogens is 1. The minimum Gasteiger partial charge on any atom is -0.543 e. The molecule has 0 N–H and O–H groups in total. The summed E-state index contributed by atoms with van der Waals surface area (Å²) < 4.78 is 2.52. The molecule has 0 amide bonds. The van der Waals surface area contributed by atoms with Gasteiger partial charge in [0.15, 0.2) is 0 Å². The smallest absolute Gasteiger partial charge is 0.0883 e. The average Bonchev–Trinajstić information content (AvgIpc) is 2.67. The van der Waals surface area contributed by atoms with Gasteiger partial charge in [0.25, 0.3) is 0 Å². The van der Waals surface area contributed by atoms with E-state index in [0.717, 1.165) is 10.2 Å². The lowest BCUT2D eigenvalue weighted by Crippen LogP contribution is -2.24. The minimum absolute atomic E-state index is 0.150. The van der Waals surface area contributed by atoms with E-state index in [1.165, 1.54) is 6.07 Å². The fourth-order valence-corrected chi connectivity index (χ4v) is 1.64. The molecule has 3 nitrogen and oxygen atoms in total. The number of carbonyl (C=O) groups excluding carboxylic acids is 1. The Kier molecular flexibility index (Phi) is 2.60. The first-order chi connectivity index (χ1) is 7.18. The van der Waals surface area contributed by atoms with Gasteiger partial charge in [-0.3, -0.25) is 0 Å². The Balaban J connectivity index is 2.49. The quantitative estimate of drug-likeness (QED) is 0.827. The normalized spacial score (nSPS) is 10.2. The molecule has 1 heterocycles. The minimum atomic E-state index is -1.18. The highest BCUT2D eigenvalue weighted by molar-refractivity contribution is 9.10. The highest BCUT2D eigenvalue weighted by atomic mass is 79.9. The van der Waals surface area contributed by atoms with Crippen molar-refractivity contribution >= 4 is 21.9 Å². The summed E-state index contributed by atoms with van der Waals surface area (Å²) in [6, 6.07) is 10.6. The van der Waals surface area contributed by atoms with Crippen LogP contribution in [0.3, 0.4) is 0 Å². The monoisotopic (exact) mass is 264 g/mol. The Bertz CT molecular complexity index is 488. The molecule has 4 heteroatoms. The summed E-state index contributed by atoms with van der Waals surface area (Å²) in [7, 11) is 0. The number of aromatic carboxylic acids is 1. The maximum atomic E-state index is 10.8. The molecule has 0 saturated heterocycles. The molecule has 15 heavy (non-hydrogen) atoms. The van der Waals surface area contributed by atoms with Gasteiger partial charge >= 0.3 is 0 Å². The molecule has 0 fully saturated rings. The van der Waals surface area contributed by atoms with Gasteiger partial charge < -0.3 is 14.5 Å². The molecular formula is C11H7BrNO2-. The topological polar surface area (TPSA) is 45.1 Å². The summed E-state index contributed by atoms with van der Waals surface area (Å²) in [5.41, 5.74) is 0.944. The van der Waals surface area contributed by atoms with Crippen LogP contribution in [0.5, 0.6) is 0 Å². The first-order valence-electron chi connectivity index (χ1n) is 4.33. The lowest BCUT2D eigenvalue weighted by atomic mass is 10.3. The van der Waals surface area contributed by atoms with Crippen molar-refractivity contribution in [2.75, 3.05) is 0 Å². The lowest BCUT2D eigenvalue weighted by molar-refractivity contribution is -0.255. The Labute approximate surface area is 95.1 Å². The van der Waals surface area contributed by atoms with E-state index in [1.54, 1.807) is 16.8 Å². The number of nitrogens with zero attached hydrogens (tertiary/aromatic N) is 1. The molecule has 76 valence electrons. The van der Waals surface area contributed by atoms with Crippen molar-refractivity contribution in [2.45, 2.75) is 0 Å². The van der Waals surface area contributed by atoms with Crippen molar-refractivity contribution in [2.24, 2.45) is 0 Å². The molecule has 0 aliphatic heterocycles. The summed E-state index contributed by atoms with van der Waals surface area (Å²) in [4.78, 5) is 10.8. The standard InChI is InChI=1S/C11H8BrNO2/c12-8-3-5-9(6-4-8)13-7-1-2-10(13)11(14)15/h1-7H,(H,14,15)/p-1. The van der Waals surface area contributed by atoms with E-state index in [0.29, 0.717) is 0 Å². The molecule has 2 rings (SSSR count). The molecule has 0 aliphatic carbocycles. The molecule has 1 aromatic carbocycles. The Morgan fingerprint density at radius 2 is 1.87 bits per heavy atom. The third-order valence-corrected chi connectivity index (χ3v) is 2.59. The molecule has 0 spiro atoms. The van der Waals surface area contributed by atoms with Crippen LogP contribution in [-0.2, 0) is 0 Å². The van der Waals surface area contributed by atoms with Crippen LogP contribution in [0.2, 0.25) is 0 Å². The van der Waals surface area contributed by atoms with E-state index in [2.05, 4.69) is 15.9 Å². The summed E-state index contributed by atoms with van der Waals surface area (Å²) in [5.74, 6) is -1.18. The third kappa shape index (κ3) is 1.94. The van der Waals surface area contributed by atoms with Crippen LogP contribution < -0.4 is 5.11 Å². The van der Waals surface area contributed by atoms with Gasteiger partial charge in [-0.2, -0.15) is 0 Å². The summed E-state index contributed by atoms with van der Waals surface area (Å²) in [6.07, 6.45) is 1.69. The van der Waals surface area contributed by atoms with E-state index in [1.807, 2.05) is 24.3 Å². The maximum Gasteiger partial charge on any atom is 0.0883 e. The average molecular weight is 265 g/mol. The molecule has 0 unspecified atom stereocenters. The van der Waals surface area contributed by atoms with E-state index < -0.39 is 5.97 Å². The Hall–Kier alpha value is -1.55. The van der Waals surface area contributed by atoms with Gasteiger partial charge in [0.1, 0.15) is 0 Å². The molecule has 0 bridgehead atoms. The van der Waals surface area contributed by atoms with Crippen LogP contribution in [0.4, 0.5) is 0 Å². The van der Waals surface area contributed by atoms with Crippen LogP contribution in [-0.4, -0.2) is 10.5 Å². The number of rotatable bonds is 2. The predicted molar refractivity (Wildman–Crippen MR) is 57.8 cm³/mol. The molecule has 0 aliphatic rings.